The first-order chi connectivity index (χ1) is 10.7. The van der Waals surface area contributed by atoms with Gasteiger partial charge in [0.2, 0.25) is 5.95 Å². The molecule has 0 aliphatic carbocycles. The molecule has 1 aromatic heterocycles. The Kier molecular flexibility index (Phi) is 6.17. The first kappa shape index (κ1) is 16.3. The summed E-state index contributed by atoms with van der Waals surface area (Å²) < 4.78 is 10.3. The van der Waals surface area contributed by atoms with Crippen molar-refractivity contribution in [2.24, 2.45) is 0 Å². The van der Waals surface area contributed by atoms with E-state index in [9.17, 15) is 0 Å². The maximum atomic E-state index is 5.99. The number of hydrogen-bond acceptors (Lipinski definition) is 7. The number of nitrogens with one attached hydrogen (secondary N) is 2. The largest absolute Gasteiger partial charge is 0.495 e. The van der Waals surface area contributed by atoms with Crippen molar-refractivity contribution in [1.82, 2.24) is 15.2 Å². The Morgan fingerprint density at radius 2 is 2.14 bits per heavy atom. The number of hydrogen-bond donors (Lipinski definition) is 2. The third-order valence-corrected chi connectivity index (χ3v) is 3.03. The summed E-state index contributed by atoms with van der Waals surface area (Å²) in [5.74, 6) is 1.64. The lowest BCUT2D eigenvalue weighted by Crippen LogP contribution is -2.08. The van der Waals surface area contributed by atoms with Gasteiger partial charge in [-0.2, -0.15) is 10.1 Å². The zero-order chi connectivity index (χ0) is 15.8. The van der Waals surface area contributed by atoms with Gasteiger partial charge in [-0.3, -0.25) is 0 Å². The van der Waals surface area contributed by atoms with Crippen LogP contribution in [0.3, 0.4) is 0 Å². The van der Waals surface area contributed by atoms with E-state index in [1.54, 1.807) is 38.6 Å². The van der Waals surface area contributed by atoms with Gasteiger partial charge in [-0.1, -0.05) is 11.6 Å². The van der Waals surface area contributed by atoms with E-state index in [4.69, 9.17) is 21.1 Å². The van der Waals surface area contributed by atoms with E-state index in [1.807, 2.05) is 0 Å². The number of anilines is 3. The quantitative estimate of drug-likeness (QED) is 0.723. The number of rotatable bonds is 8. The Bertz CT molecular complexity index is 612. The first-order valence-corrected chi connectivity index (χ1v) is 7.14. The van der Waals surface area contributed by atoms with Gasteiger partial charge in [0.05, 0.1) is 19.0 Å². The second-order valence-electron chi connectivity index (χ2n) is 4.41. The number of aromatic nitrogens is 3. The third-order valence-electron chi connectivity index (χ3n) is 2.80. The topological polar surface area (TPSA) is 81.2 Å². The van der Waals surface area contributed by atoms with E-state index in [0.29, 0.717) is 34.8 Å². The molecule has 2 aromatic rings. The summed E-state index contributed by atoms with van der Waals surface area (Å²) >= 11 is 5.99. The molecule has 0 spiro atoms. The van der Waals surface area contributed by atoms with Crippen LogP contribution < -0.4 is 15.4 Å². The highest BCUT2D eigenvalue weighted by molar-refractivity contribution is 6.30. The van der Waals surface area contributed by atoms with Gasteiger partial charge in [0.15, 0.2) is 5.82 Å². The van der Waals surface area contributed by atoms with Crippen molar-refractivity contribution in [3.05, 3.63) is 29.4 Å². The van der Waals surface area contributed by atoms with Crippen LogP contribution in [0.4, 0.5) is 17.5 Å². The lowest BCUT2D eigenvalue weighted by atomic mass is 10.3. The molecule has 7 nitrogen and oxygen atoms in total. The Labute approximate surface area is 134 Å². The summed E-state index contributed by atoms with van der Waals surface area (Å²) in [6.45, 7) is 1.43. The van der Waals surface area contributed by atoms with Gasteiger partial charge < -0.3 is 20.1 Å². The molecule has 0 fully saturated rings. The molecular weight excluding hydrogens is 306 g/mol. The number of ether oxygens (including phenoxy) is 2. The van der Waals surface area contributed by atoms with Crippen molar-refractivity contribution >= 4 is 29.1 Å². The average Bonchev–Trinajstić information content (AvgIpc) is 2.52. The zero-order valence-corrected chi connectivity index (χ0v) is 13.2. The average molecular weight is 324 g/mol. The molecule has 22 heavy (non-hydrogen) atoms. The maximum absolute atomic E-state index is 5.99. The lowest BCUT2D eigenvalue weighted by molar-refractivity contribution is 0.197. The van der Waals surface area contributed by atoms with Gasteiger partial charge in [0, 0.05) is 25.3 Å². The predicted molar refractivity (Wildman–Crippen MR) is 86.1 cm³/mol. The van der Waals surface area contributed by atoms with Gasteiger partial charge in [-0.15, -0.1) is 5.10 Å². The SMILES string of the molecule is COCCCNc1cnnc(Nc2cc(Cl)ccc2OC)n1. The van der Waals surface area contributed by atoms with Crippen LogP contribution in [0.1, 0.15) is 6.42 Å². The maximum Gasteiger partial charge on any atom is 0.249 e. The van der Waals surface area contributed by atoms with Gasteiger partial charge in [0.1, 0.15) is 5.75 Å². The molecule has 0 saturated carbocycles. The fourth-order valence-corrected chi connectivity index (χ4v) is 1.95. The number of halogens is 1. The smallest absolute Gasteiger partial charge is 0.249 e. The molecular formula is C14H18ClN5O2. The van der Waals surface area contributed by atoms with Crippen LogP contribution in [-0.4, -0.2) is 42.6 Å². The van der Waals surface area contributed by atoms with Crippen LogP contribution in [0.25, 0.3) is 0 Å². The minimum atomic E-state index is 0.359. The Hall–Kier alpha value is -2.12. The summed E-state index contributed by atoms with van der Waals surface area (Å²) in [5.41, 5.74) is 0.674. The molecule has 0 unspecified atom stereocenters. The monoisotopic (exact) mass is 323 g/mol. The Balaban J connectivity index is 2.05. The van der Waals surface area contributed by atoms with Gasteiger partial charge in [-0.05, 0) is 24.6 Å². The fourth-order valence-electron chi connectivity index (χ4n) is 1.77. The molecule has 1 aromatic carbocycles. The molecule has 0 aliphatic rings. The molecule has 0 bridgehead atoms. The molecule has 118 valence electrons. The highest BCUT2D eigenvalue weighted by Crippen LogP contribution is 2.29. The van der Waals surface area contributed by atoms with Crippen LogP contribution in [-0.2, 0) is 4.74 Å². The van der Waals surface area contributed by atoms with E-state index in [-0.39, 0.29) is 0 Å². The Morgan fingerprint density at radius 3 is 2.91 bits per heavy atom. The lowest BCUT2D eigenvalue weighted by Gasteiger charge is -2.11. The van der Waals surface area contributed by atoms with E-state index < -0.39 is 0 Å². The summed E-state index contributed by atoms with van der Waals surface area (Å²) in [6.07, 6.45) is 2.44. The van der Waals surface area contributed by atoms with Crippen molar-refractivity contribution in [2.75, 3.05) is 38.0 Å². The molecule has 0 atom stereocenters. The predicted octanol–water partition coefficient (Wildman–Crippen LogP) is 2.73. The van der Waals surface area contributed by atoms with Crippen LogP contribution in [0.5, 0.6) is 5.75 Å². The van der Waals surface area contributed by atoms with Crippen LogP contribution in [0.15, 0.2) is 24.4 Å². The third kappa shape index (κ3) is 4.71. The minimum absolute atomic E-state index is 0.359. The number of nitrogens with zero attached hydrogens (tertiary/aromatic N) is 3. The summed E-state index contributed by atoms with van der Waals surface area (Å²) in [6, 6.07) is 5.26. The summed E-state index contributed by atoms with van der Waals surface area (Å²) in [7, 11) is 3.26. The molecule has 0 radical (unpaired) electrons. The molecule has 0 aliphatic heterocycles. The summed E-state index contributed by atoms with van der Waals surface area (Å²) in [5, 5.41) is 14.7. The minimum Gasteiger partial charge on any atom is -0.495 e. The highest BCUT2D eigenvalue weighted by Gasteiger charge is 2.07. The molecule has 0 amide bonds. The van der Waals surface area contributed by atoms with E-state index in [1.165, 1.54) is 0 Å². The van der Waals surface area contributed by atoms with Crippen molar-refractivity contribution in [2.45, 2.75) is 6.42 Å². The number of methoxy groups -OCH3 is 2. The van der Waals surface area contributed by atoms with Gasteiger partial charge >= 0.3 is 0 Å². The van der Waals surface area contributed by atoms with Crippen LogP contribution >= 0.6 is 11.6 Å². The van der Waals surface area contributed by atoms with Crippen molar-refractivity contribution in [3.8, 4) is 5.75 Å². The van der Waals surface area contributed by atoms with E-state index >= 15 is 0 Å². The van der Waals surface area contributed by atoms with Crippen molar-refractivity contribution in [1.29, 1.82) is 0 Å². The molecule has 2 N–H and O–H groups in total. The van der Waals surface area contributed by atoms with Crippen LogP contribution in [0, 0.1) is 0 Å². The summed E-state index contributed by atoms with van der Waals surface area (Å²) in [4.78, 5) is 4.34. The van der Waals surface area contributed by atoms with Crippen LogP contribution in [0.2, 0.25) is 5.02 Å². The Morgan fingerprint density at radius 1 is 1.27 bits per heavy atom. The molecule has 2 rings (SSSR count). The second kappa shape index (κ2) is 8.35. The zero-order valence-electron chi connectivity index (χ0n) is 12.5. The first-order valence-electron chi connectivity index (χ1n) is 6.76. The van der Waals surface area contributed by atoms with Crippen molar-refractivity contribution < 1.29 is 9.47 Å². The fraction of sp³-hybridized carbons (Fsp3) is 0.357. The molecule has 1 heterocycles. The van der Waals surface area contributed by atoms with Gasteiger partial charge in [-0.25, -0.2) is 0 Å². The highest BCUT2D eigenvalue weighted by atomic mass is 35.5. The number of benzene rings is 1. The van der Waals surface area contributed by atoms with E-state index in [2.05, 4.69) is 25.8 Å². The standard InChI is InChI=1S/C14H18ClN5O2/c1-21-7-3-6-16-13-9-17-20-14(19-13)18-11-8-10(15)4-5-12(11)22-2/h4-5,8-9H,3,6-7H2,1-2H3,(H2,16,18,19,20). The van der Waals surface area contributed by atoms with Gasteiger partial charge in [0.25, 0.3) is 0 Å². The van der Waals surface area contributed by atoms with Crippen molar-refractivity contribution in [3.63, 3.8) is 0 Å². The normalized spacial score (nSPS) is 10.3. The molecule has 0 saturated heterocycles. The second-order valence-corrected chi connectivity index (χ2v) is 4.84. The van der Waals surface area contributed by atoms with E-state index in [0.717, 1.165) is 13.0 Å². The molecule has 8 heteroatoms.